The SMILES string of the molecule is CCCCOc1ccc([C@H]2SCC(=O)Nc3c2c(C)nn3[C@H]2CCOC(C)(C)C2)cc1. The molecule has 0 unspecified atom stereocenters. The van der Waals surface area contributed by atoms with Gasteiger partial charge in [-0.15, -0.1) is 11.8 Å². The summed E-state index contributed by atoms with van der Waals surface area (Å²) >= 11 is 1.66. The molecule has 1 aromatic carbocycles. The summed E-state index contributed by atoms with van der Waals surface area (Å²) < 4.78 is 13.8. The van der Waals surface area contributed by atoms with Crippen LogP contribution < -0.4 is 10.1 Å². The van der Waals surface area contributed by atoms with E-state index in [1.54, 1.807) is 11.8 Å². The lowest BCUT2D eigenvalue weighted by molar-refractivity contribution is -0.113. The summed E-state index contributed by atoms with van der Waals surface area (Å²) in [7, 11) is 0. The Hall–Kier alpha value is -1.99. The van der Waals surface area contributed by atoms with Crippen LogP contribution in [-0.4, -0.2) is 40.3 Å². The van der Waals surface area contributed by atoms with Crippen molar-refractivity contribution in [1.82, 2.24) is 9.78 Å². The van der Waals surface area contributed by atoms with Gasteiger partial charge in [-0.2, -0.15) is 5.10 Å². The number of thioether (sulfide) groups is 1. The van der Waals surface area contributed by atoms with Gasteiger partial charge in [-0.1, -0.05) is 25.5 Å². The molecule has 2 aromatic rings. The lowest BCUT2D eigenvalue weighted by Crippen LogP contribution is -2.36. The lowest BCUT2D eigenvalue weighted by atomic mass is 9.94. The molecule has 0 radical (unpaired) electrons. The number of benzene rings is 1. The average Bonchev–Trinajstić information content (AvgIpc) is 2.94. The second-order valence-corrected chi connectivity index (χ2v) is 10.2. The third-order valence-electron chi connectivity index (χ3n) is 6.00. The van der Waals surface area contributed by atoms with Gasteiger partial charge in [0.25, 0.3) is 0 Å². The van der Waals surface area contributed by atoms with Crippen molar-refractivity contribution in [2.24, 2.45) is 0 Å². The fourth-order valence-electron chi connectivity index (χ4n) is 4.42. The van der Waals surface area contributed by atoms with Gasteiger partial charge in [0.15, 0.2) is 0 Å². The maximum Gasteiger partial charge on any atom is 0.235 e. The van der Waals surface area contributed by atoms with Gasteiger partial charge in [0, 0.05) is 12.2 Å². The monoisotopic (exact) mass is 443 g/mol. The number of amides is 1. The first-order chi connectivity index (χ1) is 14.9. The molecule has 0 bridgehead atoms. The van der Waals surface area contributed by atoms with E-state index in [1.165, 1.54) is 5.56 Å². The van der Waals surface area contributed by atoms with Gasteiger partial charge in [-0.3, -0.25) is 4.79 Å². The van der Waals surface area contributed by atoms with Gasteiger partial charge in [0.2, 0.25) is 5.91 Å². The van der Waals surface area contributed by atoms with Crippen molar-refractivity contribution in [3.63, 3.8) is 0 Å². The highest BCUT2D eigenvalue weighted by Gasteiger charge is 2.36. The Balaban J connectivity index is 1.65. The number of aromatic nitrogens is 2. The molecule has 1 saturated heterocycles. The molecule has 0 aliphatic carbocycles. The van der Waals surface area contributed by atoms with E-state index in [2.05, 4.69) is 38.2 Å². The van der Waals surface area contributed by atoms with Crippen LogP contribution in [0, 0.1) is 6.92 Å². The molecule has 0 spiro atoms. The minimum absolute atomic E-state index is 0.0285. The van der Waals surface area contributed by atoms with Gasteiger partial charge in [0.1, 0.15) is 11.6 Å². The van der Waals surface area contributed by atoms with Crippen molar-refractivity contribution in [3.05, 3.63) is 41.1 Å². The number of nitrogens with zero attached hydrogens (tertiary/aromatic N) is 2. The minimum atomic E-state index is -0.188. The zero-order chi connectivity index (χ0) is 22.0. The number of ether oxygens (including phenoxy) is 2. The zero-order valence-corrected chi connectivity index (χ0v) is 19.8. The van der Waals surface area contributed by atoms with E-state index >= 15 is 0 Å². The Morgan fingerprint density at radius 2 is 2.10 bits per heavy atom. The molecule has 1 N–H and O–H groups in total. The van der Waals surface area contributed by atoms with Crippen molar-refractivity contribution in [2.45, 2.75) is 70.3 Å². The van der Waals surface area contributed by atoms with Crippen LogP contribution in [0.3, 0.4) is 0 Å². The van der Waals surface area contributed by atoms with Crippen molar-refractivity contribution in [2.75, 3.05) is 24.3 Å². The van der Waals surface area contributed by atoms with Crippen LogP contribution in [0.5, 0.6) is 5.75 Å². The fourth-order valence-corrected chi connectivity index (χ4v) is 5.61. The van der Waals surface area contributed by atoms with Gasteiger partial charge < -0.3 is 14.8 Å². The molecule has 168 valence electrons. The van der Waals surface area contributed by atoms with E-state index in [0.717, 1.165) is 55.1 Å². The van der Waals surface area contributed by atoms with Crippen LogP contribution in [0.15, 0.2) is 24.3 Å². The Bertz CT molecular complexity index is 923. The number of carbonyl (C=O) groups is 1. The Labute approximate surface area is 189 Å². The number of hydrogen-bond acceptors (Lipinski definition) is 5. The van der Waals surface area contributed by atoms with Crippen LogP contribution >= 0.6 is 11.8 Å². The van der Waals surface area contributed by atoms with Crippen LogP contribution in [0.1, 0.15) is 74.6 Å². The number of rotatable bonds is 6. The number of unbranched alkanes of at least 4 members (excludes halogenated alkanes) is 1. The summed E-state index contributed by atoms with van der Waals surface area (Å²) in [5, 5.41) is 8.12. The number of anilines is 1. The molecule has 2 atom stereocenters. The molecular weight excluding hydrogens is 410 g/mol. The van der Waals surface area contributed by atoms with E-state index in [-0.39, 0.29) is 22.8 Å². The van der Waals surface area contributed by atoms with Gasteiger partial charge in [-0.25, -0.2) is 4.68 Å². The second kappa shape index (κ2) is 9.25. The summed E-state index contributed by atoms with van der Waals surface area (Å²) in [6.07, 6.45) is 3.94. The summed E-state index contributed by atoms with van der Waals surface area (Å²) in [6.45, 7) is 9.89. The topological polar surface area (TPSA) is 65.4 Å². The van der Waals surface area contributed by atoms with Crippen LogP contribution in [0.2, 0.25) is 0 Å². The van der Waals surface area contributed by atoms with Crippen molar-refractivity contribution < 1.29 is 14.3 Å². The van der Waals surface area contributed by atoms with E-state index in [9.17, 15) is 4.79 Å². The third kappa shape index (κ3) is 4.93. The van der Waals surface area contributed by atoms with Crippen LogP contribution in [-0.2, 0) is 9.53 Å². The second-order valence-electron chi connectivity index (χ2n) is 9.06. The van der Waals surface area contributed by atoms with Crippen molar-refractivity contribution in [3.8, 4) is 5.75 Å². The van der Waals surface area contributed by atoms with E-state index in [4.69, 9.17) is 14.6 Å². The first-order valence-corrected chi connectivity index (χ1v) is 12.3. The Morgan fingerprint density at radius 3 is 2.81 bits per heavy atom. The smallest absolute Gasteiger partial charge is 0.235 e. The lowest BCUT2D eigenvalue weighted by Gasteiger charge is -2.36. The Kier molecular flexibility index (Phi) is 6.63. The van der Waals surface area contributed by atoms with E-state index in [1.807, 2.05) is 23.7 Å². The minimum Gasteiger partial charge on any atom is -0.494 e. The largest absolute Gasteiger partial charge is 0.494 e. The molecule has 2 aliphatic heterocycles. The molecule has 1 aromatic heterocycles. The highest BCUT2D eigenvalue weighted by atomic mass is 32.2. The molecule has 31 heavy (non-hydrogen) atoms. The van der Waals surface area contributed by atoms with E-state index in [0.29, 0.717) is 12.4 Å². The first-order valence-electron chi connectivity index (χ1n) is 11.2. The number of aryl methyl sites for hydroxylation is 1. The number of nitrogens with one attached hydrogen (secondary N) is 1. The third-order valence-corrected chi connectivity index (χ3v) is 7.27. The fraction of sp³-hybridized carbons (Fsp3) is 0.583. The van der Waals surface area contributed by atoms with Gasteiger partial charge in [0.05, 0.1) is 34.9 Å². The van der Waals surface area contributed by atoms with Crippen LogP contribution in [0.4, 0.5) is 5.82 Å². The highest BCUT2D eigenvalue weighted by Crippen LogP contribution is 2.45. The average molecular weight is 444 g/mol. The molecule has 0 saturated carbocycles. The molecule has 7 heteroatoms. The summed E-state index contributed by atoms with van der Waals surface area (Å²) in [5.74, 6) is 2.19. The maximum absolute atomic E-state index is 12.6. The quantitative estimate of drug-likeness (QED) is 0.616. The van der Waals surface area contributed by atoms with Crippen molar-refractivity contribution in [1.29, 1.82) is 0 Å². The van der Waals surface area contributed by atoms with Crippen molar-refractivity contribution >= 4 is 23.5 Å². The Morgan fingerprint density at radius 1 is 1.32 bits per heavy atom. The molecule has 1 fully saturated rings. The standard InChI is InChI=1S/C24H33N3O3S/c1-5-6-12-29-19-9-7-17(8-10-19)22-21-16(2)26-27(23(21)25-20(28)15-31-22)18-11-13-30-24(3,4)14-18/h7-10,18,22H,5-6,11-15H2,1-4H3,(H,25,28)/t18-,22+/m0/s1. The molecule has 4 rings (SSSR count). The molecule has 2 aliphatic rings. The summed E-state index contributed by atoms with van der Waals surface area (Å²) in [6, 6.07) is 8.52. The van der Waals surface area contributed by atoms with Crippen LogP contribution in [0.25, 0.3) is 0 Å². The predicted molar refractivity (Wildman–Crippen MR) is 125 cm³/mol. The number of hydrogen-bond donors (Lipinski definition) is 1. The highest BCUT2D eigenvalue weighted by molar-refractivity contribution is 8.00. The maximum atomic E-state index is 12.6. The van der Waals surface area contributed by atoms with E-state index < -0.39 is 0 Å². The van der Waals surface area contributed by atoms with Gasteiger partial charge >= 0.3 is 0 Å². The molecule has 1 amide bonds. The summed E-state index contributed by atoms with van der Waals surface area (Å²) in [4.78, 5) is 12.6. The first kappa shape index (κ1) is 22.2. The number of carbonyl (C=O) groups excluding carboxylic acids is 1. The molecule has 6 nitrogen and oxygen atoms in total. The zero-order valence-electron chi connectivity index (χ0n) is 18.9. The molecule has 3 heterocycles. The normalized spacial score (nSPS) is 23.0. The predicted octanol–water partition coefficient (Wildman–Crippen LogP) is 5.28. The van der Waals surface area contributed by atoms with Gasteiger partial charge in [-0.05, 0) is 57.7 Å². The number of fused-ring (bicyclic) bond motifs is 1. The summed E-state index contributed by atoms with van der Waals surface area (Å²) in [5.41, 5.74) is 3.06. The molecular formula is C24H33N3O3S.